The molecule has 0 heterocycles. The molecule has 0 saturated heterocycles. The van der Waals surface area contributed by atoms with E-state index >= 15 is 0 Å². The van der Waals surface area contributed by atoms with E-state index in [4.69, 9.17) is 0 Å². The summed E-state index contributed by atoms with van der Waals surface area (Å²) in [4.78, 5) is 0. The zero-order valence-corrected chi connectivity index (χ0v) is 9.89. The quantitative estimate of drug-likeness (QED) is 0.645. The molecule has 0 aliphatic carbocycles. The maximum atomic E-state index is 13.1. The largest absolute Gasteiger partial charge is 0.416 e. The molecule has 0 spiro atoms. The molecule has 2 aromatic carbocycles. The minimum atomic E-state index is -4.51. The Morgan fingerprint density at radius 3 is 1.95 bits per heavy atom. The Balaban J connectivity index is 2.49. The SMILES string of the molecule is Fc1ccc(C(F)F)c(-c2ccc(C(F)(F)F)cc2)c1. The standard InChI is InChI=1S/C14H8F6/c15-10-5-6-11(13(16)17)12(7-10)8-1-3-9(4-2-8)14(18,19)20/h1-7,13H. The Kier molecular flexibility index (Phi) is 3.74. The van der Waals surface area contributed by atoms with Crippen molar-refractivity contribution >= 4 is 0 Å². The lowest BCUT2D eigenvalue weighted by atomic mass is 9.98. The van der Waals surface area contributed by atoms with Gasteiger partial charge in [-0.1, -0.05) is 12.1 Å². The van der Waals surface area contributed by atoms with Crippen molar-refractivity contribution < 1.29 is 26.3 Å². The summed E-state index contributed by atoms with van der Waals surface area (Å²) in [5, 5.41) is 0. The molecule has 0 aliphatic heterocycles. The van der Waals surface area contributed by atoms with Crippen LogP contribution < -0.4 is 0 Å². The summed E-state index contributed by atoms with van der Waals surface area (Å²) in [6, 6.07) is 6.32. The molecule has 0 bridgehead atoms. The first-order chi connectivity index (χ1) is 9.29. The number of hydrogen-bond acceptors (Lipinski definition) is 0. The van der Waals surface area contributed by atoms with E-state index in [2.05, 4.69) is 0 Å². The zero-order valence-electron chi connectivity index (χ0n) is 9.89. The molecule has 106 valence electrons. The Morgan fingerprint density at radius 2 is 1.45 bits per heavy atom. The molecule has 0 aliphatic rings. The zero-order chi connectivity index (χ0) is 14.9. The smallest absolute Gasteiger partial charge is 0.207 e. The van der Waals surface area contributed by atoms with Crippen molar-refractivity contribution in [2.45, 2.75) is 12.6 Å². The third-order valence-electron chi connectivity index (χ3n) is 2.77. The second-order valence-corrected chi connectivity index (χ2v) is 4.11. The van der Waals surface area contributed by atoms with Crippen LogP contribution in [0.1, 0.15) is 17.6 Å². The average Bonchev–Trinajstić information content (AvgIpc) is 2.37. The van der Waals surface area contributed by atoms with Gasteiger partial charge in [0.15, 0.2) is 0 Å². The molecule has 0 N–H and O–H groups in total. The highest BCUT2D eigenvalue weighted by Gasteiger charge is 2.30. The molecular weight excluding hydrogens is 282 g/mol. The molecule has 0 radical (unpaired) electrons. The third kappa shape index (κ3) is 2.95. The molecule has 6 heteroatoms. The summed E-state index contributed by atoms with van der Waals surface area (Å²) in [6.45, 7) is 0. The van der Waals surface area contributed by atoms with Crippen molar-refractivity contribution in [3.63, 3.8) is 0 Å². The third-order valence-corrected chi connectivity index (χ3v) is 2.77. The van der Waals surface area contributed by atoms with Crippen molar-refractivity contribution in [1.82, 2.24) is 0 Å². The summed E-state index contributed by atoms with van der Waals surface area (Å²) < 4.78 is 76.0. The van der Waals surface area contributed by atoms with E-state index in [1.165, 1.54) is 0 Å². The van der Waals surface area contributed by atoms with Crippen molar-refractivity contribution in [1.29, 1.82) is 0 Å². The number of hydrogen-bond donors (Lipinski definition) is 0. The molecule has 0 saturated carbocycles. The van der Waals surface area contributed by atoms with E-state index < -0.39 is 29.5 Å². The minimum Gasteiger partial charge on any atom is -0.207 e. The lowest BCUT2D eigenvalue weighted by molar-refractivity contribution is -0.137. The van der Waals surface area contributed by atoms with E-state index in [0.717, 1.165) is 42.5 Å². The molecular formula is C14H8F6. The van der Waals surface area contributed by atoms with Crippen LogP contribution in [0.5, 0.6) is 0 Å². The van der Waals surface area contributed by atoms with Crippen molar-refractivity contribution in [3.05, 3.63) is 59.4 Å². The van der Waals surface area contributed by atoms with Gasteiger partial charge in [0.25, 0.3) is 6.43 Å². The number of rotatable bonds is 2. The highest BCUT2D eigenvalue weighted by atomic mass is 19.4. The molecule has 2 aromatic rings. The van der Waals surface area contributed by atoms with Gasteiger partial charge < -0.3 is 0 Å². The van der Waals surface area contributed by atoms with Crippen molar-refractivity contribution in [2.75, 3.05) is 0 Å². The van der Waals surface area contributed by atoms with Crippen LogP contribution >= 0.6 is 0 Å². The topological polar surface area (TPSA) is 0 Å². The molecule has 0 atom stereocenters. The van der Waals surface area contributed by atoms with Gasteiger partial charge in [-0.25, -0.2) is 13.2 Å². The van der Waals surface area contributed by atoms with Crippen LogP contribution in [-0.4, -0.2) is 0 Å². The van der Waals surface area contributed by atoms with Gasteiger partial charge in [0, 0.05) is 5.56 Å². The van der Waals surface area contributed by atoms with E-state index in [1.54, 1.807) is 0 Å². The summed E-state index contributed by atoms with van der Waals surface area (Å²) >= 11 is 0. The van der Waals surface area contributed by atoms with E-state index in [9.17, 15) is 26.3 Å². The maximum absolute atomic E-state index is 13.1. The van der Waals surface area contributed by atoms with Gasteiger partial charge >= 0.3 is 6.18 Å². The van der Waals surface area contributed by atoms with Crippen LogP contribution in [0.4, 0.5) is 26.3 Å². The molecule has 0 fully saturated rings. The summed E-state index contributed by atoms with van der Waals surface area (Å²) in [5.41, 5.74) is -1.33. The van der Waals surface area contributed by atoms with Gasteiger partial charge in [-0.15, -0.1) is 0 Å². The molecule has 0 amide bonds. The summed E-state index contributed by atoms with van der Waals surface area (Å²) in [5.74, 6) is -0.732. The lowest BCUT2D eigenvalue weighted by Gasteiger charge is -2.11. The first-order valence-electron chi connectivity index (χ1n) is 5.54. The highest BCUT2D eigenvalue weighted by Crippen LogP contribution is 2.34. The van der Waals surface area contributed by atoms with Gasteiger partial charge in [-0.3, -0.25) is 0 Å². The van der Waals surface area contributed by atoms with Crippen LogP contribution in [0.3, 0.4) is 0 Å². The van der Waals surface area contributed by atoms with E-state index in [1.807, 2.05) is 0 Å². The van der Waals surface area contributed by atoms with Crippen LogP contribution in [-0.2, 0) is 6.18 Å². The predicted octanol–water partition coefficient (Wildman–Crippen LogP) is 5.45. The van der Waals surface area contributed by atoms with Gasteiger partial charge in [0.1, 0.15) is 5.82 Å². The van der Waals surface area contributed by atoms with Crippen molar-refractivity contribution in [2.24, 2.45) is 0 Å². The van der Waals surface area contributed by atoms with Gasteiger partial charge in [-0.05, 0) is 41.5 Å². The Hall–Kier alpha value is -1.98. The number of halogens is 6. The number of benzene rings is 2. The summed E-state index contributed by atoms with van der Waals surface area (Å²) in [7, 11) is 0. The molecule has 20 heavy (non-hydrogen) atoms. The predicted molar refractivity (Wildman–Crippen MR) is 61.8 cm³/mol. The fourth-order valence-electron chi connectivity index (χ4n) is 1.81. The van der Waals surface area contributed by atoms with Crippen LogP contribution in [0.25, 0.3) is 11.1 Å². The highest BCUT2D eigenvalue weighted by molar-refractivity contribution is 5.68. The second-order valence-electron chi connectivity index (χ2n) is 4.11. The molecule has 2 rings (SSSR count). The first kappa shape index (κ1) is 14.4. The molecule has 0 unspecified atom stereocenters. The fraction of sp³-hybridized carbons (Fsp3) is 0.143. The molecule has 0 aromatic heterocycles. The average molecular weight is 290 g/mol. The fourth-order valence-corrected chi connectivity index (χ4v) is 1.81. The summed E-state index contributed by atoms with van der Waals surface area (Å²) in [6.07, 6.45) is -7.35. The number of alkyl halides is 5. The molecule has 0 nitrogen and oxygen atoms in total. The first-order valence-corrected chi connectivity index (χ1v) is 5.54. The van der Waals surface area contributed by atoms with Crippen molar-refractivity contribution in [3.8, 4) is 11.1 Å². The van der Waals surface area contributed by atoms with Gasteiger partial charge in [0.05, 0.1) is 5.56 Å². The van der Waals surface area contributed by atoms with E-state index in [0.29, 0.717) is 0 Å². The van der Waals surface area contributed by atoms with Crippen LogP contribution in [0, 0.1) is 5.82 Å². The minimum absolute atomic E-state index is 0.104. The van der Waals surface area contributed by atoms with Gasteiger partial charge in [-0.2, -0.15) is 13.2 Å². The van der Waals surface area contributed by atoms with Crippen LogP contribution in [0.15, 0.2) is 42.5 Å². The Labute approximate surface area is 110 Å². The maximum Gasteiger partial charge on any atom is 0.416 e. The Bertz CT molecular complexity index is 598. The van der Waals surface area contributed by atoms with E-state index in [-0.39, 0.29) is 11.1 Å². The van der Waals surface area contributed by atoms with Crippen LogP contribution in [0.2, 0.25) is 0 Å². The lowest BCUT2D eigenvalue weighted by Crippen LogP contribution is -2.04. The monoisotopic (exact) mass is 290 g/mol. The normalized spacial score (nSPS) is 11.9. The second kappa shape index (κ2) is 5.19. The van der Waals surface area contributed by atoms with Gasteiger partial charge in [0.2, 0.25) is 0 Å². The Morgan fingerprint density at radius 1 is 0.850 bits per heavy atom.